The first-order valence-corrected chi connectivity index (χ1v) is 8.33. The van der Waals surface area contributed by atoms with E-state index in [0.29, 0.717) is 25.7 Å². The maximum atomic E-state index is 12.9. The molecule has 1 aliphatic heterocycles. The summed E-state index contributed by atoms with van der Waals surface area (Å²) in [6, 6.07) is -0.0572. The van der Waals surface area contributed by atoms with Crippen LogP contribution in [0.5, 0.6) is 0 Å². The van der Waals surface area contributed by atoms with Crippen LogP contribution in [0.15, 0.2) is 12.4 Å². The number of aryl methyl sites for hydroxylation is 1. The maximum absolute atomic E-state index is 12.9. The van der Waals surface area contributed by atoms with Crippen LogP contribution in [0.25, 0.3) is 0 Å². The summed E-state index contributed by atoms with van der Waals surface area (Å²) < 4.78 is 1.71. The highest BCUT2D eigenvalue weighted by Crippen LogP contribution is 2.19. The topological polar surface area (TPSA) is 73.6 Å². The van der Waals surface area contributed by atoms with Crippen molar-refractivity contribution >= 4 is 30.7 Å². The smallest absolute Gasteiger partial charge is 0.244 e. The standard InChI is InChI=1S/C16H29N5O2.2ClH/c1-5-14-11-21(7-6-20(14)9-12(2)22)16(23)15(17-3)13-8-18-19(4)10-13;;/h8,10,12,14-15,17,22H,5-7,9,11H2,1-4H3;2*1H. The Kier molecular flexibility index (Phi) is 10.6. The number of nitrogens with zero attached hydrogens (tertiary/aromatic N) is 4. The van der Waals surface area contributed by atoms with Crippen molar-refractivity contribution in [2.45, 2.75) is 38.5 Å². The number of piperazine rings is 1. The second-order valence-corrected chi connectivity index (χ2v) is 6.36. The predicted octanol–water partition coefficient (Wildman–Crippen LogP) is 0.828. The highest BCUT2D eigenvalue weighted by Gasteiger charge is 2.32. The molecule has 2 heterocycles. The fourth-order valence-electron chi connectivity index (χ4n) is 3.26. The molecule has 0 bridgehead atoms. The van der Waals surface area contributed by atoms with E-state index in [4.69, 9.17) is 0 Å². The van der Waals surface area contributed by atoms with Gasteiger partial charge in [0, 0.05) is 51.0 Å². The molecule has 0 aromatic carbocycles. The third-order valence-electron chi connectivity index (χ3n) is 4.48. The van der Waals surface area contributed by atoms with Gasteiger partial charge in [0.05, 0.1) is 12.3 Å². The molecule has 1 saturated heterocycles. The molecule has 0 aliphatic carbocycles. The molecule has 7 nitrogen and oxygen atoms in total. The summed E-state index contributed by atoms with van der Waals surface area (Å²) in [6.45, 7) is 6.81. The van der Waals surface area contributed by atoms with Crippen LogP contribution in [-0.2, 0) is 11.8 Å². The van der Waals surface area contributed by atoms with Crippen LogP contribution in [0.3, 0.4) is 0 Å². The van der Waals surface area contributed by atoms with Crippen LogP contribution in [0.4, 0.5) is 0 Å². The third-order valence-corrected chi connectivity index (χ3v) is 4.48. The largest absolute Gasteiger partial charge is 0.392 e. The number of rotatable bonds is 6. The van der Waals surface area contributed by atoms with E-state index in [1.165, 1.54) is 0 Å². The summed E-state index contributed by atoms with van der Waals surface area (Å²) >= 11 is 0. The molecule has 0 spiro atoms. The number of aliphatic hydroxyl groups excluding tert-OH is 1. The van der Waals surface area contributed by atoms with Crippen molar-refractivity contribution in [1.29, 1.82) is 0 Å². The summed E-state index contributed by atoms with van der Waals surface area (Å²) in [5.74, 6) is 0.0932. The van der Waals surface area contributed by atoms with E-state index in [2.05, 4.69) is 22.2 Å². The van der Waals surface area contributed by atoms with Crippen LogP contribution in [0, 0.1) is 0 Å². The number of aliphatic hydroxyl groups is 1. The maximum Gasteiger partial charge on any atom is 0.244 e. The number of β-amino-alcohol motifs (C(OH)–C–C–N with tert-alkyl or cyclic N) is 1. The van der Waals surface area contributed by atoms with Gasteiger partial charge >= 0.3 is 0 Å². The summed E-state index contributed by atoms with van der Waals surface area (Å²) in [7, 11) is 3.65. The van der Waals surface area contributed by atoms with Crippen molar-refractivity contribution in [3.63, 3.8) is 0 Å². The molecule has 1 aromatic rings. The van der Waals surface area contributed by atoms with E-state index in [9.17, 15) is 9.90 Å². The van der Waals surface area contributed by atoms with E-state index < -0.39 is 0 Å². The highest BCUT2D eigenvalue weighted by atomic mass is 35.5. The highest BCUT2D eigenvalue weighted by molar-refractivity contribution is 5.85. The van der Waals surface area contributed by atoms with Crippen LogP contribution in [0.1, 0.15) is 31.9 Å². The normalized spacial score (nSPS) is 20.4. The molecule has 9 heteroatoms. The Morgan fingerprint density at radius 2 is 2.12 bits per heavy atom. The first kappa shape index (κ1) is 24.1. The number of halogens is 2. The fourth-order valence-corrected chi connectivity index (χ4v) is 3.26. The summed E-state index contributed by atoms with van der Waals surface area (Å²) in [5, 5.41) is 16.9. The first-order valence-electron chi connectivity index (χ1n) is 8.33. The summed E-state index contributed by atoms with van der Waals surface area (Å²) in [5.41, 5.74) is 0.888. The van der Waals surface area contributed by atoms with E-state index in [0.717, 1.165) is 18.5 Å². The van der Waals surface area contributed by atoms with Crippen LogP contribution in [0.2, 0.25) is 0 Å². The van der Waals surface area contributed by atoms with Crippen molar-refractivity contribution in [3.05, 3.63) is 18.0 Å². The zero-order valence-corrected chi connectivity index (χ0v) is 17.0. The van der Waals surface area contributed by atoms with E-state index >= 15 is 0 Å². The molecule has 2 rings (SSSR count). The van der Waals surface area contributed by atoms with E-state index in [1.54, 1.807) is 17.9 Å². The predicted molar refractivity (Wildman–Crippen MR) is 103 cm³/mol. The quantitative estimate of drug-likeness (QED) is 0.745. The minimum absolute atomic E-state index is 0. The number of nitrogens with one attached hydrogen (secondary N) is 1. The van der Waals surface area contributed by atoms with Gasteiger partial charge in [-0.1, -0.05) is 6.92 Å². The molecule has 146 valence electrons. The van der Waals surface area contributed by atoms with Crippen LogP contribution >= 0.6 is 24.8 Å². The first-order chi connectivity index (χ1) is 11.0. The lowest BCUT2D eigenvalue weighted by atomic mass is 10.1. The number of likely N-dealkylation sites (N-methyl/N-ethyl adjacent to an activating group) is 1. The average Bonchev–Trinajstić information content (AvgIpc) is 2.94. The van der Waals surface area contributed by atoms with Gasteiger partial charge < -0.3 is 15.3 Å². The second kappa shape index (κ2) is 11.0. The Morgan fingerprint density at radius 3 is 2.60 bits per heavy atom. The molecule has 1 fully saturated rings. The molecule has 2 N–H and O–H groups in total. The lowest BCUT2D eigenvalue weighted by Crippen LogP contribution is -2.57. The lowest BCUT2D eigenvalue weighted by Gasteiger charge is -2.42. The van der Waals surface area contributed by atoms with Gasteiger partial charge in [0.1, 0.15) is 6.04 Å². The molecule has 1 amide bonds. The van der Waals surface area contributed by atoms with Crippen molar-refractivity contribution in [1.82, 2.24) is 24.9 Å². The summed E-state index contributed by atoms with van der Waals surface area (Å²) in [4.78, 5) is 17.1. The van der Waals surface area contributed by atoms with Gasteiger partial charge in [0.25, 0.3) is 0 Å². The Balaban J connectivity index is 0.00000288. The van der Waals surface area contributed by atoms with Crippen molar-refractivity contribution in [2.24, 2.45) is 7.05 Å². The van der Waals surface area contributed by atoms with Gasteiger partial charge in [-0.15, -0.1) is 24.8 Å². The van der Waals surface area contributed by atoms with Crippen LogP contribution < -0.4 is 5.32 Å². The molecule has 0 saturated carbocycles. The number of carbonyl (C=O) groups excluding carboxylic acids is 1. The van der Waals surface area contributed by atoms with E-state index in [1.807, 2.05) is 25.1 Å². The number of amides is 1. The molecule has 1 aromatic heterocycles. The molecule has 3 unspecified atom stereocenters. The van der Waals surface area contributed by atoms with Crippen LogP contribution in [-0.4, -0.2) is 76.0 Å². The molecule has 3 atom stereocenters. The number of hydrogen-bond donors (Lipinski definition) is 2. The Labute approximate surface area is 162 Å². The molecular weight excluding hydrogens is 365 g/mol. The number of aromatic nitrogens is 2. The Bertz CT molecular complexity index is 526. The minimum Gasteiger partial charge on any atom is -0.392 e. The van der Waals surface area contributed by atoms with Crippen molar-refractivity contribution in [2.75, 3.05) is 33.2 Å². The molecule has 25 heavy (non-hydrogen) atoms. The van der Waals surface area contributed by atoms with Gasteiger partial charge in [-0.25, -0.2) is 0 Å². The van der Waals surface area contributed by atoms with Gasteiger partial charge in [0.2, 0.25) is 5.91 Å². The van der Waals surface area contributed by atoms with E-state index in [-0.39, 0.29) is 42.9 Å². The molecular formula is C16H31Cl2N5O2. The van der Waals surface area contributed by atoms with Gasteiger partial charge in [-0.05, 0) is 20.4 Å². The second-order valence-electron chi connectivity index (χ2n) is 6.36. The third kappa shape index (κ3) is 6.11. The Morgan fingerprint density at radius 1 is 1.44 bits per heavy atom. The number of hydrogen-bond acceptors (Lipinski definition) is 5. The summed E-state index contributed by atoms with van der Waals surface area (Å²) in [6.07, 6.45) is 4.24. The SMILES string of the molecule is CCC1CN(C(=O)C(NC)c2cnn(C)c2)CCN1CC(C)O.Cl.Cl. The Hall–Kier alpha value is -0.860. The van der Waals surface area contributed by atoms with Gasteiger partial charge in [0.15, 0.2) is 0 Å². The van der Waals surface area contributed by atoms with Crippen molar-refractivity contribution < 1.29 is 9.90 Å². The minimum atomic E-state index is -0.357. The lowest BCUT2D eigenvalue weighted by molar-refractivity contribution is -0.136. The average molecular weight is 396 g/mol. The molecule has 1 aliphatic rings. The fraction of sp³-hybridized carbons (Fsp3) is 0.750. The molecule has 0 radical (unpaired) electrons. The zero-order valence-electron chi connectivity index (χ0n) is 15.4. The zero-order chi connectivity index (χ0) is 17.0. The monoisotopic (exact) mass is 395 g/mol. The van der Waals surface area contributed by atoms with Crippen molar-refractivity contribution in [3.8, 4) is 0 Å². The number of carbonyl (C=O) groups is 1. The van der Waals surface area contributed by atoms with Gasteiger partial charge in [-0.3, -0.25) is 14.4 Å². The van der Waals surface area contributed by atoms with Gasteiger partial charge in [-0.2, -0.15) is 5.10 Å².